The van der Waals surface area contributed by atoms with Crippen LogP contribution in [0, 0.1) is 11.8 Å². The largest absolute Gasteiger partial charge is 0.360 e. The molecular weight excluding hydrogens is 362 g/mol. The molecule has 27 heavy (non-hydrogen) atoms. The minimum atomic E-state index is -0.561. The second-order valence-corrected chi connectivity index (χ2v) is 9.72. The lowest BCUT2D eigenvalue weighted by Gasteiger charge is -2.32. The van der Waals surface area contributed by atoms with Gasteiger partial charge in [0, 0.05) is 37.7 Å². The topological polar surface area (TPSA) is 53.1 Å². The van der Waals surface area contributed by atoms with Gasteiger partial charge in [0.05, 0.1) is 24.5 Å². The second kappa shape index (κ2) is 7.08. The molecule has 0 unspecified atom stereocenters. The molecule has 5 heterocycles. The average Bonchev–Trinajstić information content (AvgIpc) is 3.35. The summed E-state index contributed by atoms with van der Waals surface area (Å²) >= 11 is 1.89. The summed E-state index contributed by atoms with van der Waals surface area (Å²) in [6.45, 7) is 6.17. The number of carbonyl (C=O) groups is 2. The van der Waals surface area contributed by atoms with Gasteiger partial charge in [-0.25, -0.2) is 0 Å². The van der Waals surface area contributed by atoms with Gasteiger partial charge in [-0.15, -0.1) is 0 Å². The SMILES string of the molecule is O=C([C@@H]1[C@@H]2C=C[C@@]3(CN(CCN4CCCCC4)C(=O)[C@@H]13)O2)N1CCSCC1. The number of fused-ring (bicyclic) bond motifs is 1. The standard InChI is InChI=1S/C20H29N3O3S/c24-18(22-10-12-27-13-11-22)16-15-4-5-20(26-15)14-23(19(25)17(16)20)9-8-21-6-2-1-3-7-21/h4-5,15-17H,1-3,6-14H2/t15-,16+,17+,20-/m0/s1. The number of carbonyl (C=O) groups excluding carboxylic acids is 2. The molecule has 7 heteroatoms. The van der Waals surface area contributed by atoms with Crippen LogP contribution in [0.15, 0.2) is 12.2 Å². The van der Waals surface area contributed by atoms with Gasteiger partial charge in [-0.1, -0.05) is 18.6 Å². The molecule has 0 radical (unpaired) electrons. The van der Waals surface area contributed by atoms with E-state index in [4.69, 9.17) is 4.74 Å². The Morgan fingerprint density at radius 1 is 1.15 bits per heavy atom. The Labute approximate surface area is 165 Å². The summed E-state index contributed by atoms with van der Waals surface area (Å²) < 4.78 is 6.26. The smallest absolute Gasteiger partial charge is 0.230 e. The highest BCUT2D eigenvalue weighted by Crippen LogP contribution is 2.52. The molecule has 6 nitrogen and oxygen atoms in total. The molecule has 0 aliphatic carbocycles. The number of piperidine rings is 1. The molecule has 1 spiro atoms. The molecule has 5 aliphatic rings. The first-order valence-electron chi connectivity index (χ1n) is 10.4. The fourth-order valence-corrected chi connectivity index (χ4v) is 6.39. The Balaban J connectivity index is 1.29. The summed E-state index contributed by atoms with van der Waals surface area (Å²) in [7, 11) is 0. The van der Waals surface area contributed by atoms with Crippen molar-refractivity contribution in [3.63, 3.8) is 0 Å². The monoisotopic (exact) mass is 391 g/mol. The van der Waals surface area contributed by atoms with Crippen LogP contribution in [0.1, 0.15) is 19.3 Å². The van der Waals surface area contributed by atoms with Gasteiger partial charge in [0.15, 0.2) is 0 Å². The first-order chi connectivity index (χ1) is 13.2. The fourth-order valence-electron chi connectivity index (χ4n) is 5.49. The van der Waals surface area contributed by atoms with E-state index in [1.807, 2.05) is 27.6 Å². The van der Waals surface area contributed by atoms with Crippen LogP contribution in [0.4, 0.5) is 0 Å². The maximum absolute atomic E-state index is 13.3. The summed E-state index contributed by atoms with van der Waals surface area (Å²) in [5.41, 5.74) is -0.561. The van der Waals surface area contributed by atoms with Crippen molar-refractivity contribution < 1.29 is 14.3 Å². The van der Waals surface area contributed by atoms with Crippen LogP contribution in [-0.4, -0.2) is 95.5 Å². The van der Waals surface area contributed by atoms with E-state index in [9.17, 15) is 9.59 Å². The zero-order valence-electron chi connectivity index (χ0n) is 15.8. The fraction of sp³-hybridized carbons (Fsp3) is 0.800. The van der Waals surface area contributed by atoms with Crippen LogP contribution in [0.5, 0.6) is 0 Å². The molecule has 4 fully saturated rings. The number of nitrogens with zero attached hydrogens (tertiary/aromatic N) is 3. The lowest BCUT2D eigenvalue weighted by molar-refractivity contribution is -0.143. The Morgan fingerprint density at radius 2 is 1.93 bits per heavy atom. The van der Waals surface area contributed by atoms with E-state index in [1.165, 1.54) is 19.3 Å². The van der Waals surface area contributed by atoms with Crippen molar-refractivity contribution in [2.45, 2.75) is 31.0 Å². The highest BCUT2D eigenvalue weighted by molar-refractivity contribution is 7.99. The van der Waals surface area contributed by atoms with Gasteiger partial charge in [-0.3, -0.25) is 9.59 Å². The van der Waals surface area contributed by atoms with Crippen LogP contribution in [0.25, 0.3) is 0 Å². The molecule has 0 aromatic heterocycles. The normalized spacial score (nSPS) is 38.7. The van der Waals surface area contributed by atoms with E-state index in [2.05, 4.69) is 11.0 Å². The van der Waals surface area contributed by atoms with E-state index in [1.54, 1.807) is 0 Å². The summed E-state index contributed by atoms with van der Waals surface area (Å²) in [5.74, 6) is 1.59. The zero-order chi connectivity index (χ0) is 18.4. The van der Waals surface area contributed by atoms with Crippen LogP contribution in [-0.2, 0) is 14.3 Å². The van der Waals surface area contributed by atoms with Crippen molar-refractivity contribution in [3.8, 4) is 0 Å². The van der Waals surface area contributed by atoms with Gasteiger partial charge in [-0.2, -0.15) is 11.8 Å². The minimum absolute atomic E-state index is 0.128. The van der Waals surface area contributed by atoms with Crippen molar-refractivity contribution in [2.24, 2.45) is 11.8 Å². The number of ether oxygens (including phenoxy) is 1. The number of thioether (sulfide) groups is 1. The molecule has 2 bridgehead atoms. The van der Waals surface area contributed by atoms with Crippen molar-refractivity contribution in [1.29, 1.82) is 0 Å². The lowest BCUT2D eigenvalue weighted by atomic mass is 9.76. The highest BCUT2D eigenvalue weighted by atomic mass is 32.2. The molecule has 4 saturated heterocycles. The van der Waals surface area contributed by atoms with Crippen molar-refractivity contribution >= 4 is 23.6 Å². The van der Waals surface area contributed by atoms with E-state index >= 15 is 0 Å². The summed E-state index contributed by atoms with van der Waals surface area (Å²) in [5, 5.41) is 0. The van der Waals surface area contributed by atoms with Crippen molar-refractivity contribution in [1.82, 2.24) is 14.7 Å². The van der Waals surface area contributed by atoms with Gasteiger partial charge in [0.2, 0.25) is 11.8 Å². The maximum Gasteiger partial charge on any atom is 0.230 e. The third kappa shape index (κ3) is 3.02. The number of likely N-dealkylation sites (tertiary alicyclic amines) is 2. The quantitative estimate of drug-likeness (QED) is 0.665. The molecule has 2 amide bonds. The number of hydrogen-bond acceptors (Lipinski definition) is 5. The first kappa shape index (κ1) is 18.0. The van der Waals surface area contributed by atoms with Crippen LogP contribution in [0.2, 0.25) is 0 Å². The summed E-state index contributed by atoms with van der Waals surface area (Å²) in [4.78, 5) is 32.8. The Kier molecular flexibility index (Phi) is 4.72. The molecule has 148 valence electrons. The molecule has 0 saturated carbocycles. The van der Waals surface area contributed by atoms with Crippen molar-refractivity contribution in [3.05, 3.63) is 12.2 Å². The first-order valence-corrected chi connectivity index (χ1v) is 11.6. The molecule has 0 aromatic carbocycles. The molecular formula is C20H29N3O3S. The van der Waals surface area contributed by atoms with E-state index in [0.29, 0.717) is 6.54 Å². The van der Waals surface area contributed by atoms with E-state index in [0.717, 1.165) is 50.8 Å². The zero-order valence-corrected chi connectivity index (χ0v) is 16.7. The van der Waals surface area contributed by atoms with Gasteiger partial charge < -0.3 is 19.4 Å². The van der Waals surface area contributed by atoms with Gasteiger partial charge >= 0.3 is 0 Å². The Hall–Kier alpha value is -1.05. The molecule has 5 aliphatic heterocycles. The predicted octanol–water partition coefficient (Wildman–Crippen LogP) is 0.830. The molecule has 5 rings (SSSR count). The third-order valence-electron chi connectivity index (χ3n) is 6.92. The highest BCUT2D eigenvalue weighted by Gasteiger charge is 2.67. The molecule has 0 aromatic rings. The van der Waals surface area contributed by atoms with Crippen LogP contribution >= 0.6 is 11.8 Å². The number of hydrogen-bond donors (Lipinski definition) is 0. The average molecular weight is 392 g/mol. The van der Waals surface area contributed by atoms with Crippen molar-refractivity contribution in [2.75, 3.05) is 57.3 Å². The molecule has 0 N–H and O–H groups in total. The third-order valence-corrected chi connectivity index (χ3v) is 7.86. The van der Waals surface area contributed by atoms with Crippen LogP contribution < -0.4 is 0 Å². The van der Waals surface area contributed by atoms with E-state index < -0.39 is 5.60 Å². The Morgan fingerprint density at radius 3 is 2.70 bits per heavy atom. The van der Waals surface area contributed by atoms with E-state index in [-0.39, 0.29) is 29.8 Å². The predicted molar refractivity (Wildman–Crippen MR) is 105 cm³/mol. The number of amides is 2. The number of rotatable bonds is 4. The van der Waals surface area contributed by atoms with Crippen LogP contribution in [0.3, 0.4) is 0 Å². The lowest BCUT2D eigenvalue weighted by Crippen LogP contribution is -2.48. The van der Waals surface area contributed by atoms with Gasteiger partial charge in [0.1, 0.15) is 5.60 Å². The minimum Gasteiger partial charge on any atom is -0.360 e. The Bertz CT molecular complexity index is 644. The summed E-state index contributed by atoms with van der Waals surface area (Å²) in [6, 6.07) is 0. The summed E-state index contributed by atoms with van der Waals surface area (Å²) in [6.07, 6.45) is 7.72. The second-order valence-electron chi connectivity index (χ2n) is 8.50. The molecule has 4 atom stereocenters. The van der Waals surface area contributed by atoms with Gasteiger partial charge in [-0.05, 0) is 25.9 Å². The maximum atomic E-state index is 13.3. The van der Waals surface area contributed by atoms with Gasteiger partial charge in [0.25, 0.3) is 0 Å².